The first-order valence-corrected chi connectivity index (χ1v) is 12.0. The summed E-state index contributed by atoms with van der Waals surface area (Å²) < 4.78 is 5.91. The van der Waals surface area contributed by atoms with Crippen molar-refractivity contribution in [2.75, 3.05) is 19.6 Å². The van der Waals surface area contributed by atoms with Crippen LogP contribution >= 0.6 is 0 Å². The number of urea groups is 1. The number of likely N-dealkylation sites (tertiary alicyclic amines) is 1. The lowest BCUT2D eigenvalue weighted by Gasteiger charge is -2.28. The van der Waals surface area contributed by atoms with E-state index >= 15 is 0 Å². The Morgan fingerprint density at radius 2 is 1.49 bits per heavy atom. The van der Waals surface area contributed by atoms with Crippen LogP contribution in [0.3, 0.4) is 0 Å². The van der Waals surface area contributed by atoms with Gasteiger partial charge in [-0.1, -0.05) is 60.7 Å². The molecule has 0 aliphatic carbocycles. The Hall–Kier alpha value is -3.84. The lowest BCUT2D eigenvalue weighted by atomic mass is 10.0. The molecule has 3 aromatic rings. The van der Waals surface area contributed by atoms with Crippen molar-refractivity contribution in [1.82, 2.24) is 15.5 Å². The Bertz CT molecular complexity index is 1100. The van der Waals surface area contributed by atoms with E-state index in [4.69, 9.17) is 10.5 Å². The number of nitrogens with zero attached hydrogens (tertiary/aromatic N) is 1. The van der Waals surface area contributed by atoms with Crippen molar-refractivity contribution in [3.8, 4) is 11.5 Å². The zero-order chi connectivity index (χ0) is 24.5. The molecule has 0 radical (unpaired) electrons. The quantitative estimate of drug-likeness (QED) is 0.404. The molecule has 0 bridgehead atoms. The number of hydrogen-bond acceptors (Lipinski definition) is 4. The van der Waals surface area contributed by atoms with Gasteiger partial charge in [-0.2, -0.15) is 0 Å². The summed E-state index contributed by atoms with van der Waals surface area (Å²) in [6, 6.07) is 25.9. The van der Waals surface area contributed by atoms with Crippen molar-refractivity contribution in [3.63, 3.8) is 0 Å². The van der Waals surface area contributed by atoms with Crippen LogP contribution in [0.4, 0.5) is 4.79 Å². The van der Waals surface area contributed by atoms with Gasteiger partial charge in [-0.3, -0.25) is 9.69 Å². The van der Waals surface area contributed by atoms with Gasteiger partial charge in [0.25, 0.3) is 0 Å². The summed E-state index contributed by atoms with van der Waals surface area (Å²) in [4.78, 5) is 27.1. The Morgan fingerprint density at radius 1 is 0.857 bits per heavy atom. The third-order valence-corrected chi connectivity index (χ3v) is 6.20. The summed E-state index contributed by atoms with van der Waals surface area (Å²) in [5.74, 6) is 1.16. The van der Waals surface area contributed by atoms with E-state index in [2.05, 4.69) is 27.7 Å². The molecule has 0 aromatic heterocycles. The lowest BCUT2D eigenvalue weighted by molar-refractivity contribution is -0.121. The number of benzene rings is 3. The lowest BCUT2D eigenvalue weighted by Crippen LogP contribution is -2.39. The summed E-state index contributed by atoms with van der Waals surface area (Å²) in [6.07, 6.45) is 2.41. The number of ether oxygens (including phenoxy) is 1. The van der Waals surface area contributed by atoms with Gasteiger partial charge in [-0.15, -0.1) is 0 Å². The average Bonchev–Trinajstić information content (AvgIpc) is 3.40. The average molecular weight is 473 g/mol. The number of nitrogens with two attached hydrogens (primary N) is 1. The van der Waals surface area contributed by atoms with E-state index in [0.29, 0.717) is 18.0 Å². The SMILES string of the molecule is NC(=O)NC(CC(=O)NCC(c1ccccc1)N1CCCC1)c1cccc(Oc2ccccc2)c1. The van der Waals surface area contributed by atoms with Crippen LogP contribution in [0.2, 0.25) is 0 Å². The van der Waals surface area contributed by atoms with Crippen LogP contribution < -0.4 is 21.1 Å². The molecule has 1 aliphatic heterocycles. The molecule has 4 rings (SSSR count). The van der Waals surface area contributed by atoms with Crippen LogP contribution in [0.15, 0.2) is 84.9 Å². The molecule has 0 spiro atoms. The standard InChI is InChI=1S/C28H32N4O3/c29-28(34)31-25(22-12-9-15-24(18-22)35-23-13-5-2-6-14-23)19-27(33)30-20-26(32-16-7-8-17-32)21-10-3-1-4-11-21/h1-6,9-15,18,25-26H,7-8,16-17,19-20H2,(H,30,33)(H3,29,31,34). The fourth-order valence-corrected chi connectivity index (χ4v) is 4.50. The zero-order valence-corrected chi connectivity index (χ0v) is 19.7. The predicted molar refractivity (Wildman–Crippen MR) is 136 cm³/mol. The fraction of sp³-hybridized carbons (Fsp3) is 0.286. The molecule has 4 N–H and O–H groups in total. The molecule has 3 aromatic carbocycles. The molecule has 2 atom stereocenters. The van der Waals surface area contributed by atoms with Gasteiger partial charge < -0.3 is 21.1 Å². The molecule has 7 heteroatoms. The number of amides is 3. The van der Waals surface area contributed by atoms with Gasteiger partial charge in [0, 0.05) is 6.54 Å². The largest absolute Gasteiger partial charge is 0.457 e. The fourth-order valence-electron chi connectivity index (χ4n) is 4.50. The van der Waals surface area contributed by atoms with E-state index in [0.717, 1.165) is 18.7 Å². The second-order valence-corrected chi connectivity index (χ2v) is 8.73. The molecule has 2 unspecified atom stereocenters. The number of para-hydroxylation sites is 1. The molecule has 1 aliphatic rings. The number of primary amides is 1. The third kappa shape index (κ3) is 7.07. The molecule has 7 nitrogen and oxygen atoms in total. The zero-order valence-electron chi connectivity index (χ0n) is 19.7. The first-order valence-electron chi connectivity index (χ1n) is 12.0. The third-order valence-electron chi connectivity index (χ3n) is 6.20. The number of carbonyl (C=O) groups excluding carboxylic acids is 2. The van der Waals surface area contributed by atoms with Gasteiger partial charge in [0.15, 0.2) is 0 Å². The minimum Gasteiger partial charge on any atom is -0.457 e. The van der Waals surface area contributed by atoms with Crippen molar-refractivity contribution in [2.24, 2.45) is 5.73 Å². The molecular weight excluding hydrogens is 440 g/mol. The summed E-state index contributed by atoms with van der Waals surface area (Å²) in [6.45, 7) is 2.55. The van der Waals surface area contributed by atoms with Crippen molar-refractivity contribution in [1.29, 1.82) is 0 Å². The minimum absolute atomic E-state index is 0.0687. The first kappa shape index (κ1) is 24.3. The Kier molecular flexibility index (Phi) is 8.35. The normalized spacial score (nSPS) is 15.2. The van der Waals surface area contributed by atoms with Gasteiger partial charge in [0.05, 0.1) is 18.5 Å². The molecule has 182 valence electrons. The maximum absolute atomic E-state index is 13.0. The number of hydrogen-bond donors (Lipinski definition) is 3. The van der Waals surface area contributed by atoms with E-state index < -0.39 is 12.1 Å². The Labute approximate surface area is 206 Å². The van der Waals surface area contributed by atoms with E-state index in [-0.39, 0.29) is 18.4 Å². The van der Waals surface area contributed by atoms with Gasteiger partial charge in [-0.05, 0) is 61.3 Å². The maximum atomic E-state index is 13.0. The van der Waals surface area contributed by atoms with E-state index in [9.17, 15) is 9.59 Å². The molecule has 1 heterocycles. The van der Waals surface area contributed by atoms with Crippen molar-refractivity contribution in [3.05, 3.63) is 96.1 Å². The van der Waals surface area contributed by atoms with Crippen molar-refractivity contribution < 1.29 is 14.3 Å². The van der Waals surface area contributed by atoms with Crippen LogP contribution in [0, 0.1) is 0 Å². The van der Waals surface area contributed by atoms with Gasteiger partial charge >= 0.3 is 6.03 Å². The summed E-state index contributed by atoms with van der Waals surface area (Å²) in [7, 11) is 0. The topological polar surface area (TPSA) is 96.7 Å². The molecule has 35 heavy (non-hydrogen) atoms. The molecule has 3 amide bonds. The summed E-state index contributed by atoms with van der Waals surface area (Å²) in [5, 5.41) is 5.79. The smallest absolute Gasteiger partial charge is 0.312 e. The van der Waals surface area contributed by atoms with Crippen LogP contribution in [0.1, 0.15) is 42.5 Å². The first-order chi connectivity index (χ1) is 17.1. The summed E-state index contributed by atoms with van der Waals surface area (Å²) in [5.41, 5.74) is 7.36. The Morgan fingerprint density at radius 3 is 2.17 bits per heavy atom. The highest BCUT2D eigenvalue weighted by molar-refractivity contribution is 5.78. The van der Waals surface area contributed by atoms with Crippen LogP contribution in [0.25, 0.3) is 0 Å². The van der Waals surface area contributed by atoms with Crippen LogP contribution in [-0.2, 0) is 4.79 Å². The van der Waals surface area contributed by atoms with Crippen LogP contribution in [-0.4, -0.2) is 36.5 Å². The number of carbonyl (C=O) groups is 2. The van der Waals surface area contributed by atoms with Crippen molar-refractivity contribution >= 4 is 11.9 Å². The second kappa shape index (κ2) is 12.0. The highest BCUT2D eigenvalue weighted by Crippen LogP contribution is 2.27. The number of nitrogens with one attached hydrogen (secondary N) is 2. The van der Waals surface area contributed by atoms with Gasteiger partial charge in [-0.25, -0.2) is 4.79 Å². The highest BCUT2D eigenvalue weighted by Gasteiger charge is 2.25. The van der Waals surface area contributed by atoms with Crippen molar-refractivity contribution in [2.45, 2.75) is 31.3 Å². The maximum Gasteiger partial charge on any atom is 0.312 e. The van der Waals surface area contributed by atoms with E-state index in [1.807, 2.05) is 72.8 Å². The molecule has 0 saturated carbocycles. The second-order valence-electron chi connectivity index (χ2n) is 8.73. The van der Waals surface area contributed by atoms with Gasteiger partial charge in [0.1, 0.15) is 11.5 Å². The molecule has 1 fully saturated rings. The van der Waals surface area contributed by atoms with E-state index in [1.54, 1.807) is 0 Å². The monoisotopic (exact) mass is 472 g/mol. The highest BCUT2D eigenvalue weighted by atomic mass is 16.5. The van der Waals surface area contributed by atoms with E-state index in [1.165, 1.54) is 18.4 Å². The minimum atomic E-state index is -0.684. The van der Waals surface area contributed by atoms with Crippen LogP contribution in [0.5, 0.6) is 11.5 Å². The summed E-state index contributed by atoms with van der Waals surface area (Å²) >= 11 is 0. The predicted octanol–water partition coefficient (Wildman–Crippen LogP) is 4.53. The Balaban J connectivity index is 1.43. The molecular formula is C28H32N4O3. The number of rotatable bonds is 10. The molecule has 1 saturated heterocycles. The van der Waals surface area contributed by atoms with Gasteiger partial charge in [0.2, 0.25) is 5.91 Å².